The molecule has 0 unspecified atom stereocenters. The summed E-state index contributed by atoms with van der Waals surface area (Å²) in [5.41, 5.74) is 13.0. The predicted molar refractivity (Wildman–Crippen MR) is 189 cm³/mol. The predicted octanol–water partition coefficient (Wildman–Crippen LogP) is 12.2. The minimum Gasteiger partial charge on any atom is -0.456 e. The smallest absolute Gasteiger partial charge is 0.135 e. The number of rotatable bonds is 4. The first-order chi connectivity index (χ1) is 22.1. The van der Waals surface area contributed by atoms with Gasteiger partial charge in [-0.1, -0.05) is 117 Å². The normalized spacial score (nSPS) is 13.3. The molecule has 9 rings (SSSR count). The highest BCUT2D eigenvalue weighted by Crippen LogP contribution is 2.51. The summed E-state index contributed by atoms with van der Waals surface area (Å²) in [7, 11) is 0. The van der Waals surface area contributed by atoms with E-state index in [1.165, 1.54) is 44.2 Å². The average Bonchev–Trinajstić information content (AvgIpc) is 3.57. The van der Waals surface area contributed by atoms with Crippen molar-refractivity contribution in [2.24, 2.45) is 0 Å². The first-order valence-corrected chi connectivity index (χ1v) is 15.6. The summed E-state index contributed by atoms with van der Waals surface area (Å²) in [5, 5.41) is 4.74. The number of hydrogen-bond donors (Lipinski definition) is 0. The van der Waals surface area contributed by atoms with Gasteiger partial charge in [-0.3, -0.25) is 0 Å². The van der Waals surface area contributed by atoms with Crippen LogP contribution >= 0.6 is 0 Å². The monoisotopic (exact) mass is 577 g/mol. The minimum absolute atomic E-state index is 0.0300. The summed E-state index contributed by atoms with van der Waals surface area (Å²) in [6.45, 7) is 4.67. The standard InChI is InChI=1S/C43H31NO/c1-43(2)38-15-7-5-13-34(38)36-27-32(23-24-39(36)43)44(40-16-9-11-29-10-3-4-12-33(29)40)31-21-18-28(19-22-31)30-20-25-42-37(26-30)35-14-6-8-17-41(35)45-42/h3-27H,1-2H3. The van der Waals surface area contributed by atoms with Crippen molar-refractivity contribution in [1.82, 2.24) is 0 Å². The molecule has 8 aromatic rings. The third-order valence-electron chi connectivity index (χ3n) is 9.67. The highest BCUT2D eigenvalue weighted by atomic mass is 16.3. The summed E-state index contributed by atoms with van der Waals surface area (Å²) in [5.74, 6) is 0. The maximum Gasteiger partial charge on any atom is 0.135 e. The van der Waals surface area contributed by atoms with E-state index in [1.807, 2.05) is 12.1 Å². The van der Waals surface area contributed by atoms with Gasteiger partial charge in [0.15, 0.2) is 0 Å². The van der Waals surface area contributed by atoms with E-state index in [0.29, 0.717) is 0 Å². The lowest BCUT2D eigenvalue weighted by Crippen LogP contribution is -2.15. The molecule has 45 heavy (non-hydrogen) atoms. The zero-order valence-electron chi connectivity index (χ0n) is 25.3. The third kappa shape index (κ3) is 3.96. The molecular weight excluding hydrogens is 546 g/mol. The highest BCUT2D eigenvalue weighted by molar-refractivity contribution is 6.06. The maximum absolute atomic E-state index is 6.09. The summed E-state index contributed by atoms with van der Waals surface area (Å²) in [4.78, 5) is 2.41. The number of benzene rings is 7. The van der Waals surface area contributed by atoms with Gasteiger partial charge in [0.2, 0.25) is 0 Å². The quantitative estimate of drug-likeness (QED) is 0.207. The Morgan fingerprint density at radius 2 is 1.13 bits per heavy atom. The Hall–Kier alpha value is -5.60. The maximum atomic E-state index is 6.09. The van der Waals surface area contributed by atoms with Crippen LogP contribution in [-0.2, 0) is 5.41 Å². The molecule has 0 radical (unpaired) electrons. The first kappa shape index (κ1) is 25.9. The topological polar surface area (TPSA) is 16.4 Å². The van der Waals surface area contributed by atoms with E-state index >= 15 is 0 Å². The van der Waals surface area contributed by atoms with Gasteiger partial charge < -0.3 is 9.32 Å². The van der Waals surface area contributed by atoms with Crippen LogP contribution < -0.4 is 4.90 Å². The Labute approximate surface area is 262 Å². The van der Waals surface area contributed by atoms with Crippen LogP contribution in [0.15, 0.2) is 156 Å². The van der Waals surface area contributed by atoms with E-state index in [2.05, 4.69) is 158 Å². The molecule has 0 saturated heterocycles. The summed E-state index contributed by atoms with van der Waals surface area (Å²) in [6, 6.07) is 54.8. The number of hydrogen-bond acceptors (Lipinski definition) is 2. The van der Waals surface area contributed by atoms with Gasteiger partial charge in [-0.05, 0) is 87.3 Å². The fourth-order valence-corrected chi connectivity index (χ4v) is 7.39. The molecule has 0 bridgehead atoms. The van der Waals surface area contributed by atoms with Gasteiger partial charge >= 0.3 is 0 Å². The molecule has 1 aliphatic rings. The number of nitrogens with zero attached hydrogens (tertiary/aromatic N) is 1. The number of para-hydroxylation sites is 1. The lowest BCUT2D eigenvalue weighted by Gasteiger charge is -2.28. The fourth-order valence-electron chi connectivity index (χ4n) is 7.39. The molecule has 1 heterocycles. The Kier molecular flexibility index (Phi) is 5.58. The highest BCUT2D eigenvalue weighted by Gasteiger charge is 2.35. The largest absolute Gasteiger partial charge is 0.456 e. The second kappa shape index (κ2) is 9.70. The molecule has 214 valence electrons. The minimum atomic E-state index is -0.0300. The number of furan rings is 1. The van der Waals surface area contributed by atoms with E-state index < -0.39 is 0 Å². The van der Waals surface area contributed by atoms with Crippen molar-refractivity contribution in [2.45, 2.75) is 19.3 Å². The van der Waals surface area contributed by atoms with Crippen molar-refractivity contribution >= 4 is 49.8 Å². The molecule has 2 heteroatoms. The van der Waals surface area contributed by atoms with E-state index in [0.717, 1.165) is 39.0 Å². The molecule has 0 spiro atoms. The van der Waals surface area contributed by atoms with Gasteiger partial charge in [0.05, 0.1) is 5.69 Å². The molecule has 0 saturated carbocycles. The van der Waals surface area contributed by atoms with Crippen molar-refractivity contribution in [3.8, 4) is 22.3 Å². The average molecular weight is 578 g/mol. The Balaban J connectivity index is 1.20. The SMILES string of the molecule is CC1(C)c2ccccc2-c2cc(N(c3ccc(-c4ccc5oc6ccccc6c5c4)cc3)c3cccc4ccccc34)ccc21. The first-order valence-electron chi connectivity index (χ1n) is 15.6. The van der Waals surface area contributed by atoms with Crippen molar-refractivity contribution < 1.29 is 4.42 Å². The van der Waals surface area contributed by atoms with Gasteiger partial charge in [-0.25, -0.2) is 0 Å². The second-order valence-electron chi connectivity index (χ2n) is 12.6. The Bertz CT molecular complexity index is 2410. The van der Waals surface area contributed by atoms with Crippen LogP contribution in [0.5, 0.6) is 0 Å². The molecular formula is C43H31NO. The Morgan fingerprint density at radius 3 is 2.02 bits per heavy atom. The van der Waals surface area contributed by atoms with Crippen molar-refractivity contribution in [3.63, 3.8) is 0 Å². The number of fused-ring (bicyclic) bond motifs is 7. The molecule has 1 aromatic heterocycles. The Morgan fingerprint density at radius 1 is 0.467 bits per heavy atom. The van der Waals surface area contributed by atoms with E-state index in [-0.39, 0.29) is 5.41 Å². The summed E-state index contributed by atoms with van der Waals surface area (Å²) in [6.07, 6.45) is 0. The van der Waals surface area contributed by atoms with Crippen LogP contribution in [-0.4, -0.2) is 0 Å². The third-order valence-corrected chi connectivity index (χ3v) is 9.67. The molecule has 2 nitrogen and oxygen atoms in total. The summed E-state index contributed by atoms with van der Waals surface area (Å²) >= 11 is 0. The molecule has 0 atom stereocenters. The van der Waals surface area contributed by atoms with Gasteiger partial charge in [0, 0.05) is 32.9 Å². The molecule has 0 fully saturated rings. The van der Waals surface area contributed by atoms with Crippen LogP contribution in [0.1, 0.15) is 25.0 Å². The van der Waals surface area contributed by atoms with Crippen LogP contribution in [0.25, 0.3) is 55.0 Å². The molecule has 0 amide bonds. The van der Waals surface area contributed by atoms with Gasteiger partial charge in [0.1, 0.15) is 11.2 Å². The van der Waals surface area contributed by atoms with Crippen molar-refractivity contribution in [2.75, 3.05) is 4.90 Å². The summed E-state index contributed by atoms with van der Waals surface area (Å²) < 4.78 is 6.09. The van der Waals surface area contributed by atoms with Crippen LogP contribution in [0.2, 0.25) is 0 Å². The van der Waals surface area contributed by atoms with Crippen molar-refractivity contribution in [3.05, 3.63) is 163 Å². The van der Waals surface area contributed by atoms with Crippen LogP contribution in [0.4, 0.5) is 17.1 Å². The fraction of sp³-hybridized carbons (Fsp3) is 0.0698. The molecule has 0 aliphatic heterocycles. The lowest BCUT2D eigenvalue weighted by molar-refractivity contribution is 0.660. The second-order valence-corrected chi connectivity index (χ2v) is 12.6. The van der Waals surface area contributed by atoms with Gasteiger partial charge in [-0.2, -0.15) is 0 Å². The van der Waals surface area contributed by atoms with E-state index in [1.54, 1.807) is 0 Å². The zero-order valence-corrected chi connectivity index (χ0v) is 25.3. The van der Waals surface area contributed by atoms with Crippen LogP contribution in [0, 0.1) is 0 Å². The van der Waals surface area contributed by atoms with Crippen molar-refractivity contribution in [1.29, 1.82) is 0 Å². The van der Waals surface area contributed by atoms with Gasteiger partial charge in [0.25, 0.3) is 0 Å². The van der Waals surface area contributed by atoms with Gasteiger partial charge in [-0.15, -0.1) is 0 Å². The lowest BCUT2D eigenvalue weighted by atomic mass is 9.82. The van der Waals surface area contributed by atoms with E-state index in [4.69, 9.17) is 4.42 Å². The molecule has 7 aromatic carbocycles. The van der Waals surface area contributed by atoms with Crippen LogP contribution in [0.3, 0.4) is 0 Å². The zero-order chi connectivity index (χ0) is 30.1. The molecule has 0 N–H and O–H groups in total. The molecule has 1 aliphatic carbocycles. The van der Waals surface area contributed by atoms with E-state index in [9.17, 15) is 0 Å². The number of anilines is 3.